The first-order chi connectivity index (χ1) is 12.6. The van der Waals surface area contributed by atoms with Crippen LogP contribution in [0.5, 0.6) is 0 Å². The predicted octanol–water partition coefficient (Wildman–Crippen LogP) is 4.25. The molecule has 3 rings (SSSR count). The smallest absolute Gasteiger partial charge is 0.410 e. The van der Waals surface area contributed by atoms with E-state index >= 15 is 0 Å². The molecular formula is C20H26F2N2O3. The molecule has 2 saturated heterocycles. The molecule has 0 unspecified atom stereocenters. The van der Waals surface area contributed by atoms with E-state index in [1.807, 2.05) is 20.8 Å². The quantitative estimate of drug-likeness (QED) is 0.732. The second kappa shape index (κ2) is 7.09. The number of likely N-dealkylation sites (tertiary alicyclic amines) is 1. The van der Waals surface area contributed by atoms with E-state index in [0.29, 0.717) is 38.0 Å². The molecule has 2 aliphatic rings. The molecule has 1 spiro atoms. The maximum absolute atomic E-state index is 13.8. The zero-order valence-corrected chi connectivity index (χ0v) is 16.1. The number of hydrogen-bond donors (Lipinski definition) is 0. The summed E-state index contributed by atoms with van der Waals surface area (Å²) in [7, 11) is 0. The first kappa shape index (κ1) is 19.6. The van der Waals surface area contributed by atoms with Crippen LogP contribution in [0, 0.1) is 11.6 Å². The van der Waals surface area contributed by atoms with Gasteiger partial charge >= 0.3 is 6.09 Å². The lowest BCUT2D eigenvalue weighted by Gasteiger charge is -2.51. The molecule has 0 radical (unpaired) electrons. The zero-order chi connectivity index (χ0) is 19.8. The van der Waals surface area contributed by atoms with E-state index in [0.717, 1.165) is 25.0 Å². The number of hydrogen-bond acceptors (Lipinski definition) is 3. The van der Waals surface area contributed by atoms with Crippen LogP contribution < -0.4 is 4.90 Å². The summed E-state index contributed by atoms with van der Waals surface area (Å²) in [6.45, 7) is 6.38. The van der Waals surface area contributed by atoms with Crippen molar-refractivity contribution in [2.45, 2.75) is 64.0 Å². The summed E-state index contributed by atoms with van der Waals surface area (Å²) in [4.78, 5) is 28.3. The van der Waals surface area contributed by atoms with E-state index in [9.17, 15) is 18.4 Å². The van der Waals surface area contributed by atoms with Gasteiger partial charge in [-0.05, 0) is 58.6 Å². The highest BCUT2D eigenvalue weighted by Crippen LogP contribution is 2.41. The second-order valence-corrected chi connectivity index (χ2v) is 8.37. The van der Waals surface area contributed by atoms with Gasteiger partial charge in [-0.1, -0.05) is 0 Å². The number of benzene rings is 1. The molecule has 2 heterocycles. The van der Waals surface area contributed by atoms with Crippen molar-refractivity contribution in [3.05, 3.63) is 29.8 Å². The maximum atomic E-state index is 13.8. The van der Waals surface area contributed by atoms with Gasteiger partial charge in [0.05, 0.1) is 5.54 Å². The lowest BCUT2D eigenvalue weighted by Crippen LogP contribution is -2.60. The summed E-state index contributed by atoms with van der Waals surface area (Å²) in [6, 6.07) is 3.58. The van der Waals surface area contributed by atoms with E-state index < -0.39 is 22.8 Å². The summed E-state index contributed by atoms with van der Waals surface area (Å²) in [5, 5.41) is 0. The molecule has 0 saturated carbocycles. The Morgan fingerprint density at radius 3 is 2.37 bits per heavy atom. The Morgan fingerprint density at radius 1 is 1.11 bits per heavy atom. The summed E-state index contributed by atoms with van der Waals surface area (Å²) in [5.41, 5.74) is -0.660. The number of carbonyl (C=O) groups is 2. The van der Waals surface area contributed by atoms with Crippen LogP contribution in [0.15, 0.2) is 18.2 Å². The van der Waals surface area contributed by atoms with Crippen LogP contribution in [0.1, 0.15) is 52.9 Å². The van der Waals surface area contributed by atoms with Gasteiger partial charge < -0.3 is 14.5 Å². The molecule has 2 aliphatic heterocycles. The third kappa shape index (κ3) is 4.06. The van der Waals surface area contributed by atoms with Crippen LogP contribution in [0.2, 0.25) is 0 Å². The average Bonchev–Trinajstić information content (AvgIpc) is 2.57. The van der Waals surface area contributed by atoms with Crippen molar-refractivity contribution in [3.63, 3.8) is 0 Å². The minimum Gasteiger partial charge on any atom is -0.444 e. The van der Waals surface area contributed by atoms with E-state index in [1.54, 1.807) is 9.80 Å². The molecule has 0 N–H and O–H groups in total. The van der Waals surface area contributed by atoms with Crippen LogP contribution in [0.25, 0.3) is 0 Å². The van der Waals surface area contributed by atoms with Gasteiger partial charge in [-0.15, -0.1) is 0 Å². The molecule has 7 heteroatoms. The highest BCUT2D eigenvalue weighted by molar-refractivity contribution is 5.95. The van der Waals surface area contributed by atoms with Gasteiger partial charge in [-0.25, -0.2) is 13.6 Å². The number of ether oxygens (including phenoxy) is 1. The summed E-state index contributed by atoms with van der Waals surface area (Å²) in [6.07, 6.45) is 2.72. The van der Waals surface area contributed by atoms with Crippen molar-refractivity contribution >= 4 is 17.7 Å². The Bertz CT molecular complexity index is 737. The molecular weight excluding hydrogens is 354 g/mol. The van der Waals surface area contributed by atoms with Gasteiger partial charge in [0.1, 0.15) is 5.60 Å². The summed E-state index contributed by atoms with van der Waals surface area (Å²) in [5.74, 6) is -1.98. The van der Waals surface area contributed by atoms with Crippen molar-refractivity contribution < 1.29 is 23.1 Å². The van der Waals surface area contributed by atoms with Gasteiger partial charge in [0.2, 0.25) is 5.91 Å². The lowest BCUT2D eigenvalue weighted by molar-refractivity contribution is -0.122. The van der Waals surface area contributed by atoms with Crippen molar-refractivity contribution in [1.82, 2.24) is 4.90 Å². The normalized spacial score (nSPS) is 20.1. The first-order valence-electron chi connectivity index (χ1n) is 9.37. The number of piperidine rings is 2. The van der Waals surface area contributed by atoms with E-state index in [-0.39, 0.29) is 12.0 Å². The molecule has 0 atom stereocenters. The molecule has 5 nitrogen and oxygen atoms in total. The van der Waals surface area contributed by atoms with Crippen LogP contribution in [-0.2, 0) is 9.53 Å². The Hall–Kier alpha value is -2.18. The third-order valence-electron chi connectivity index (χ3n) is 5.26. The standard InChI is InChI=1S/C20H26F2N2O3/c1-19(2,3)27-18(26)23-11-9-20(10-12-23)8-4-5-17(25)24(20)14-6-7-15(21)16(22)13-14/h6-7,13H,4-5,8-12H2,1-3H3. The van der Waals surface area contributed by atoms with Crippen molar-refractivity contribution in [3.8, 4) is 0 Å². The minimum absolute atomic E-state index is 0.0852. The number of rotatable bonds is 1. The number of nitrogens with zero attached hydrogens (tertiary/aromatic N) is 2. The third-order valence-corrected chi connectivity index (χ3v) is 5.26. The van der Waals surface area contributed by atoms with E-state index in [1.165, 1.54) is 6.07 Å². The van der Waals surface area contributed by atoms with Gasteiger partial charge in [-0.2, -0.15) is 0 Å². The molecule has 1 aromatic rings. The number of carbonyl (C=O) groups excluding carboxylic acids is 2. The largest absolute Gasteiger partial charge is 0.444 e. The van der Waals surface area contributed by atoms with Crippen LogP contribution in [-0.4, -0.2) is 41.1 Å². The highest BCUT2D eigenvalue weighted by atomic mass is 19.2. The fourth-order valence-corrected chi connectivity index (χ4v) is 4.00. The molecule has 0 aromatic heterocycles. The molecule has 148 valence electrons. The monoisotopic (exact) mass is 380 g/mol. The predicted molar refractivity (Wildman–Crippen MR) is 97.5 cm³/mol. The fourth-order valence-electron chi connectivity index (χ4n) is 4.00. The van der Waals surface area contributed by atoms with Crippen LogP contribution in [0.3, 0.4) is 0 Å². The Kier molecular flexibility index (Phi) is 5.14. The molecule has 2 fully saturated rings. The fraction of sp³-hybridized carbons (Fsp3) is 0.600. The first-order valence-corrected chi connectivity index (χ1v) is 9.37. The molecule has 2 amide bonds. The van der Waals surface area contributed by atoms with Gasteiger partial charge in [-0.3, -0.25) is 4.79 Å². The number of amides is 2. The molecule has 0 bridgehead atoms. The average molecular weight is 380 g/mol. The van der Waals surface area contributed by atoms with Crippen molar-refractivity contribution in [2.75, 3.05) is 18.0 Å². The maximum Gasteiger partial charge on any atom is 0.410 e. The van der Waals surface area contributed by atoms with Crippen LogP contribution >= 0.6 is 0 Å². The second-order valence-electron chi connectivity index (χ2n) is 8.37. The molecule has 0 aliphatic carbocycles. The highest BCUT2D eigenvalue weighted by Gasteiger charge is 2.46. The zero-order valence-electron chi connectivity index (χ0n) is 16.1. The SMILES string of the molecule is CC(C)(C)OC(=O)N1CCC2(CCCC(=O)N2c2ccc(F)c(F)c2)CC1. The Morgan fingerprint density at radius 2 is 1.78 bits per heavy atom. The molecule has 1 aromatic carbocycles. The summed E-state index contributed by atoms with van der Waals surface area (Å²) < 4.78 is 32.5. The lowest BCUT2D eigenvalue weighted by atomic mass is 9.78. The Balaban J connectivity index is 1.80. The van der Waals surface area contributed by atoms with Gasteiger partial charge in [0.15, 0.2) is 11.6 Å². The van der Waals surface area contributed by atoms with Gasteiger partial charge in [0.25, 0.3) is 0 Å². The van der Waals surface area contributed by atoms with Gasteiger partial charge in [0, 0.05) is 31.3 Å². The number of anilines is 1. The topological polar surface area (TPSA) is 49.9 Å². The molecule has 27 heavy (non-hydrogen) atoms. The van der Waals surface area contributed by atoms with Crippen LogP contribution in [0.4, 0.5) is 19.3 Å². The van der Waals surface area contributed by atoms with Crippen molar-refractivity contribution in [1.29, 1.82) is 0 Å². The Labute approximate surface area is 158 Å². The number of halogens is 2. The van der Waals surface area contributed by atoms with Crippen molar-refractivity contribution in [2.24, 2.45) is 0 Å². The van der Waals surface area contributed by atoms with E-state index in [4.69, 9.17) is 4.74 Å². The minimum atomic E-state index is -0.966. The summed E-state index contributed by atoms with van der Waals surface area (Å²) >= 11 is 0. The van der Waals surface area contributed by atoms with E-state index in [2.05, 4.69) is 0 Å².